The van der Waals surface area contributed by atoms with Gasteiger partial charge >= 0.3 is 5.97 Å². The lowest BCUT2D eigenvalue weighted by Crippen LogP contribution is -2.45. The van der Waals surface area contributed by atoms with Crippen molar-refractivity contribution in [1.29, 1.82) is 0 Å². The van der Waals surface area contributed by atoms with Gasteiger partial charge in [0, 0.05) is 12.8 Å². The third-order valence-electron chi connectivity index (χ3n) is 16.6. The largest absolute Gasteiger partial charge is 0.466 e. The van der Waals surface area contributed by atoms with Crippen molar-refractivity contribution in [2.45, 2.75) is 411 Å². The van der Waals surface area contributed by atoms with Crippen LogP contribution in [0.3, 0.4) is 0 Å². The van der Waals surface area contributed by atoms with E-state index >= 15 is 0 Å². The molecule has 2 unspecified atom stereocenters. The van der Waals surface area contributed by atoms with E-state index in [-0.39, 0.29) is 18.5 Å². The number of amides is 1. The van der Waals surface area contributed by atoms with Gasteiger partial charge in [-0.1, -0.05) is 347 Å². The van der Waals surface area contributed by atoms with Crippen LogP contribution in [-0.4, -0.2) is 47.4 Å². The van der Waals surface area contributed by atoms with Crippen LogP contribution in [0.4, 0.5) is 0 Å². The Morgan fingerprint density at radius 2 is 0.618 bits per heavy atom. The fraction of sp³-hybridized carbons (Fsp3) is 0.943. The Morgan fingerprint density at radius 1 is 0.355 bits per heavy atom. The highest BCUT2D eigenvalue weighted by Crippen LogP contribution is 2.19. The van der Waals surface area contributed by atoms with Gasteiger partial charge in [-0.3, -0.25) is 9.59 Å². The van der Waals surface area contributed by atoms with Crippen LogP contribution in [0.5, 0.6) is 0 Å². The van der Waals surface area contributed by atoms with E-state index in [0.717, 1.165) is 38.5 Å². The molecule has 0 saturated heterocycles. The minimum absolute atomic E-state index is 0.0142. The summed E-state index contributed by atoms with van der Waals surface area (Å²) in [5, 5.41) is 23.4. The first-order chi connectivity index (χ1) is 37.5. The molecule has 0 aliphatic rings. The standard InChI is InChI=1S/C70H137NO5/c1-3-5-7-9-11-13-15-17-19-21-26-30-34-38-42-46-50-54-58-62-68(73)67(66-72)71-69(74)63-59-55-51-47-43-39-35-31-28-24-23-25-29-33-37-41-45-49-53-57-61-65-76-70(75)64-60-56-52-48-44-40-36-32-27-22-20-18-16-14-12-10-8-6-4-2/h24,28,67-68,72-73H,3-23,25-27,29-66H2,1-2H3,(H,71,74)/b28-24-. The Morgan fingerprint density at radius 3 is 0.934 bits per heavy atom. The molecule has 0 aliphatic heterocycles. The second-order valence-corrected chi connectivity index (χ2v) is 24.2. The monoisotopic (exact) mass is 1070 g/mol. The molecule has 2 atom stereocenters. The zero-order valence-corrected chi connectivity index (χ0v) is 51.8. The first-order valence-corrected chi connectivity index (χ1v) is 34.9. The van der Waals surface area contributed by atoms with Gasteiger partial charge in [-0.25, -0.2) is 0 Å². The second kappa shape index (κ2) is 66.1. The van der Waals surface area contributed by atoms with Crippen molar-refractivity contribution >= 4 is 11.9 Å². The summed E-state index contributed by atoms with van der Waals surface area (Å²) in [6.07, 6.45) is 81.0. The number of hydrogen-bond donors (Lipinski definition) is 3. The summed E-state index contributed by atoms with van der Waals surface area (Å²) in [6, 6.07) is -0.547. The predicted molar refractivity (Wildman–Crippen MR) is 333 cm³/mol. The van der Waals surface area contributed by atoms with Gasteiger partial charge in [0.15, 0.2) is 0 Å². The van der Waals surface area contributed by atoms with Crippen molar-refractivity contribution in [3.05, 3.63) is 12.2 Å². The van der Waals surface area contributed by atoms with Crippen LogP contribution in [0.2, 0.25) is 0 Å². The summed E-state index contributed by atoms with van der Waals surface area (Å²) in [6.45, 7) is 4.99. The van der Waals surface area contributed by atoms with Crippen LogP contribution in [-0.2, 0) is 14.3 Å². The molecule has 0 radical (unpaired) electrons. The highest BCUT2D eigenvalue weighted by Gasteiger charge is 2.20. The summed E-state index contributed by atoms with van der Waals surface area (Å²) < 4.78 is 5.51. The molecule has 6 nitrogen and oxygen atoms in total. The van der Waals surface area contributed by atoms with E-state index in [4.69, 9.17) is 4.74 Å². The quantitative estimate of drug-likeness (QED) is 0.0320. The molecule has 0 saturated carbocycles. The number of allylic oxidation sites excluding steroid dienone is 2. The maximum atomic E-state index is 12.5. The summed E-state index contributed by atoms with van der Waals surface area (Å²) in [4.78, 5) is 24.6. The summed E-state index contributed by atoms with van der Waals surface area (Å²) in [5.41, 5.74) is 0. The van der Waals surface area contributed by atoms with Crippen molar-refractivity contribution in [1.82, 2.24) is 5.32 Å². The average molecular weight is 1070 g/mol. The zero-order chi connectivity index (χ0) is 55.0. The molecule has 76 heavy (non-hydrogen) atoms. The molecule has 1 amide bonds. The second-order valence-electron chi connectivity index (χ2n) is 24.2. The van der Waals surface area contributed by atoms with Gasteiger partial charge in [0.05, 0.1) is 25.4 Å². The Balaban J connectivity index is 3.39. The molecule has 0 aliphatic carbocycles. The summed E-state index contributed by atoms with van der Waals surface area (Å²) >= 11 is 0. The lowest BCUT2D eigenvalue weighted by Gasteiger charge is -2.22. The first kappa shape index (κ1) is 74.6. The van der Waals surface area contributed by atoms with E-state index in [9.17, 15) is 19.8 Å². The van der Waals surface area contributed by atoms with Crippen LogP contribution in [0.25, 0.3) is 0 Å². The SMILES string of the molecule is CCCCCCCCCCCCCCCCCCCCCC(=O)OCCCCCCCCCCCC/C=C\CCCCCCCCCC(=O)NC(CO)C(O)CCCCCCCCCCCCCCCCCCCCC. The van der Waals surface area contributed by atoms with E-state index in [0.29, 0.717) is 25.9 Å². The third-order valence-corrected chi connectivity index (χ3v) is 16.6. The first-order valence-electron chi connectivity index (χ1n) is 34.9. The van der Waals surface area contributed by atoms with Crippen LogP contribution < -0.4 is 5.32 Å². The Labute approximate surface area is 476 Å². The molecule has 452 valence electrons. The number of carbonyl (C=O) groups is 2. The maximum Gasteiger partial charge on any atom is 0.305 e. The molecule has 0 aromatic heterocycles. The Kier molecular flexibility index (Phi) is 64.9. The molecule has 0 aromatic rings. The molecule has 0 aromatic carbocycles. The molecular weight excluding hydrogens is 935 g/mol. The van der Waals surface area contributed by atoms with Gasteiger partial charge in [0.1, 0.15) is 0 Å². The highest BCUT2D eigenvalue weighted by atomic mass is 16.5. The normalized spacial score (nSPS) is 12.5. The molecule has 3 N–H and O–H groups in total. The number of hydrogen-bond acceptors (Lipinski definition) is 5. The van der Waals surface area contributed by atoms with Crippen molar-refractivity contribution in [3.63, 3.8) is 0 Å². The van der Waals surface area contributed by atoms with Gasteiger partial charge in [-0.05, 0) is 51.4 Å². The van der Waals surface area contributed by atoms with Crippen molar-refractivity contribution in [2.75, 3.05) is 13.2 Å². The molecule has 6 heteroatoms. The van der Waals surface area contributed by atoms with Crippen LogP contribution in [0.1, 0.15) is 399 Å². The molecule has 0 bridgehead atoms. The topological polar surface area (TPSA) is 95.9 Å². The summed E-state index contributed by atoms with van der Waals surface area (Å²) in [7, 11) is 0. The van der Waals surface area contributed by atoms with Gasteiger partial charge in [-0.2, -0.15) is 0 Å². The van der Waals surface area contributed by atoms with E-state index in [1.807, 2.05) is 0 Å². The summed E-state index contributed by atoms with van der Waals surface area (Å²) in [5.74, 6) is -0.0242. The maximum absolute atomic E-state index is 12.5. The Hall–Kier alpha value is -1.40. The van der Waals surface area contributed by atoms with E-state index in [1.54, 1.807) is 0 Å². The molecule has 0 fully saturated rings. The number of aliphatic hydroxyl groups excluding tert-OH is 2. The number of rotatable bonds is 66. The van der Waals surface area contributed by atoms with E-state index in [1.165, 1.54) is 327 Å². The zero-order valence-electron chi connectivity index (χ0n) is 51.8. The molecular formula is C70H137NO5. The number of ether oxygens (including phenoxy) is 1. The minimum Gasteiger partial charge on any atom is -0.466 e. The van der Waals surface area contributed by atoms with Crippen LogP contribution in [0.15, 0.2) is 12.2 Å². The fourth-order valence-electron chi connectivity index (χ4n) is 11.2. The number of esters is 1. The number of carbonyl (C=O) groups excluding carboxylic acids is 2. The van der Waals surface area contributed by atoms with Gasteiger partial charge in [-0.15, -0.1) is 0 Å². The highest BCUT2D eigenvalue weighted by molar-refractivity contribution is 5.76. The minimum atomic E-state index is -0.669. The lowest BCUT2D eigenvalue weighted by molar-refractivity contribution is -0.143. The average Bonchev–Trinajstić information content (AvgIpc) is 3.42. The fourth-order valence-corrected chi connectivity index (χ4v) is 11.2. The predicted octanol–water partition coefficient (Wildman–Crippen LogP) is 22.4. The lowest BCUT2D eigenvalue weighted by atomic mass is 10.0. The van der Waals surface area contributed by atoms with E-state index in [2.05, 4.69) is 31.3 Å². The number of nitrogens with one attached hydrogen (secondary N) is 1. The Bertz CT molecular complexity index is 1140. The smallest absolute Gasteiger partial charge is 0.305 e. The van der Waals surface area contributed by atoms with Gasteiger partial charge in [0.25, 0.3) is 0 Å². The van der Waals surface area contributed by atoms with Crippen molar-refractivity contribution in [3.8, 4) is 0 Å². The molecule has 0 heterocycles. The molecule has 0 rings (SSSR count). The van der Waals surface area contributed by atoms with Crippen LogP contribution >= 0.6 is 0 Å². The van der Waals surface area contributed by atoms with Gasteiger partial charge in [0.2, 0.25) is 5.91 Å². The number of aliphatic hydroxyl groups is 2. The van der Waals surface area contributed by atoms with Gasteiger partial charge < -0.3 is 20.3 Å². The number of unbranched alkanes of at least 4 members (excludes halogenated alkanes) is 53. The third kappa shape index (κ3) is 61.8. The molecule has 0 spiro atoms. The van der Waals surface area contributed by atoms with Crippen molar-refractivity contribution < 1.29 is 24.5 Å². The van der Waals surface area contributed by atoms with E-state index < -0.39 is 12.1 Å². The van der Waals surface area contributed by atoms with Crippen molar-refractivity contribution in [2.24, 2.45) is 0 Å². The van der Waals surface area contributed by atoms with Crippen LogP contribution in [0, 0.1) is 0 Å².